The quantitative estimate of drug-likeness (QED) is 0.191. The summed E-state index contributed by atoms with van der Waals surface area (Å²) in [6, 6.07) is 17.7. The number of hydrogen-bond donors (Lipinski definition) is 1. The van der Waals surface area contributed by atoms with Gasteiger partial charge in [0.05, 0.1) is 42.9 Å². The lowest BCUT2D eigenvalue weighted by molar-refractivity contribution is 0.130. The number of nitrogens with zero attached hydrogens (tertiary/aromatic N) is 5. The maximum Gasteiger partial charge on any atom is 0.407 e. The topological polar surface area (TPSA) is 132 Å². The zero-order chi connectivity index (χ0) is 32.4. The Bertz CT molecular complexity index is 1700. The number of benzene rings is 2. The average molecular weight is 609 g/mol. The molecular formula is C35H40N6O4. The summed E-state index contributed by atoms with van der Waals surface area (Å²) in [5.41, 5.74) is 4.22. The number of aryl methyl sites for hydroxylation is 2. The van der Waals surface area contributed by atoms with E-state index in [2.05, 4.69) is 28.3 Å². The molecule has 0 radical (unpaired) electrons. The van der Waals surface area contributed by atoms with Crippen LogP contribution in [0.5, 0.6) is 5.75 Å². The van der Waals surface area contributed by atoms with E-state index in [9.17, 15) is 14.9 Å². The second-order valence-electron chi connectivity index (χ2n) is 11.8. The van der Waals surface area contributed by atoms with Gasteiger partial charge in [-0.3, -0.25) is 4.79 Å². The monoisotopic (exact) mass is 608 g/mol. The molecule has 0 unspecified atom stereocenters. The van der Waals surface area contributed by atoms with E-state index < -0.39 is 6.09 Å². The Labute approximate surface area is 264 Å². The molecule has 4 aromatic rings. The van der Waals surface area contributed by atoms with Crippen molar-refractivity contribution in [1.29, 1.82) is 5.26 Å². The highest BCUT2D eigenvalue weighted by molar-refractivity contribution is 5.70. The molecule has 0 atom stereocenters. The fourth-order valence-electron chi connectivity index (χ4n) is 4.78. The molecule has 0 aliphatic carbocycles. The van der Waals surface area contributed by atoms with Crippen LogP contribution in [0.25, 0.3) is 17.1 Å². The zero-order valence-corrected chi connectivity index (χ0v) is 26.6. The van der Waals surface area contributed by atoms with Crippen molar-refractivity contribution in [3.63, 3.8) is 0 Å². The summed E-state index contributed by atoms with van der Waals surface area (Å²) in [5, 5.41) is 12.2. The summed E-state index contributed by atoms with van der Waals surface area (Å²) in [4.78, 5) is 39.4. The van der Waals surface area contributed by atoms with Crippen molar-refractivity contribution >= 4 is 6.09 Å². The molecule has 0 bridgehead atoms. The predicted molar refractivity (Wildman–Crippen MR) is 173 cm³/mol. The molecule has 0 spiro atoms. The van der Waals surface area contributed by atoms with Gasteiger partial charge in [-0.15, -0.1) is 0 Å². The van der Waals surface area contributed by atoms with Crippen molar-refractivity contribution in [2.75, 3.05) is 13.2 Å². The fraction of sp³-hybridized carbons (Fsp3) is 0.371. The molecule has 10 nitrogen and oxygen atoms in total. The molecule has 4 rings (SSSR count). The smallest absolute Gasteiger partial charge is 0.407 e. The molecule has 234 valence electrons. The lowest BCUT2D eigenvalue weighted by atomic mass is 9.97. The molecule has 10 heteroatoms. The van der Waals surface area contributed by atoms with E-state index in [1.165, 1.54) is 17.0 Å². The number of nitriles is 1. The second kappa shape index (κ2) is 15.1. The van der Waals surface area contributed by atoms with Crippen molar-refractivity contribution in [2.24, 2.45) is 0 Å². The van der Waals surface area contributed by atoms with Gasteiger partial charge in [0, 0.05) is 23.9 Å². The van der Waals surface area contributed by atoms with E-state index in [4.69, 9.17) is 14.5 Å². The van der Waals surface area contributed by atoms with Gasteiger partial charge < -0.3 is 14.8 Å². The largest absolute Gasteiger partial charge is 0.490 e. The first-order valence-electron chi connectivity index (χ1n) is 15.2. The zero-order valence-electron chi connectivity index (χ0n) is 26.6. The number of ether oxygens (including phenoxy) is 2. The summed E-state index contributed by atoms with van der Waals surface area (Å²) in [5.74, 6) is 1.17. The lowest BCUT2D eigenvalue weighted by Crippen LogP contribution is -2.41. The van der Waals surface area contributed by atoms with Crippen LogP contribution in [-0.2, 0) is 17.6 Å². The number of unbranched alkanes of at least 4 members (excludes halogenated alkanes) is 1. The molecule has 2 aromatic heterocycles. The number of amides is 1. The van der Waals surface area contributed by atoms with Gasteiger partial charge in [-0.25, -0.2) is 24.3 Å². The molecule has 2 aromatic carbocycles. The summed E-state index contributed by atoms with van der Waals surface area (Å²) < 4.78 is 12.3. The van der Waals surface area contributed by atoms with Crippen LogP contribution in [0.15, 0.2) is 65.7 Å². The summed E-state index contributed by atoms with van der Waals surface area (Å²) in [6.07, 6.45) is 6.07. The van der Waals surface area contributed by atoms with Gasteiger partial charge in [-0.2, -0.15) is 5.26 Å². The number of alkyl carbamates (subject to hydrolysis) is 1. The van der Waals surface area contributed by atoms with Crippen molar-refractivity contribution in [3.8, 4) is 28.9 Å². The molecule has 45 heavy (non-hydrogen) atoms. The molecule has 2 heterocycles. The van der Waals surface area contributed by atoms with Crippen molar-refractivity contribution < 1.29 is 14.3 Å². The molecule has 0 fully saturated rings. The van der Waals surface area contributed by atoms with Crippen molar-refractivity contribution in [2.45, 2.75) is 72.3 Å². The Hall–Kier alpha value is -5.04. The van der Waals surface area contributed by atoms with Gasteiger partial charge >= 0.3 is 6.09 Å². The molecule has 1 N–H and O–H groups in total. The number of hydrogen-bond acceptors (Lipinski definition) is 8. The molecule has 0 aliphatic heterocycles. The van der Waals surface area contributed by atoms with Crippen LogP contribution in [0.2, 0.25) is 0 Å². The number of carbonyl (C=O) groups is 1. The third-order valence-corrected chi connectivity index (χ3v) is 6.97. The number of aromatic nitrogens is 4. The molecular weight excluding hydrogens is 568 g/mol. The molecule has 0 saturated carbocycles. The summed E-state index contributed by atoms with van der Waals surface area (Å²) in [7, 11) is 0. The maximum atomic E-state index is 14.0. The highest BCUT2D eigenvalue weighted by Crippen LogP contribution is 2.24. The van der Waals surface area contributed by atoms with E-state index in [1.54, 1.807) is 13.0 Å². The third kappa shape index (κ3) is 8.99. The fourth-order valence-corrected chi connectivity index (χ4v) is 4.78. The Morgan fingerprint density at radius 1 is 1.02 bits per heavy atom. The van der Waals surface area contributed by atoms with Gasteiger partial charge in [0.15, 0.2) is 5.75 Å². The highest BCUT2D eigenvalue weighted by Gasteiger charge is 2.18. The van der Waals surface area contributed by atoms with E-state index >= 15 is 0 Å². The first kappa shape index (κ1) is 32.9. The van der Waals surface area contributed by atoms with Crippen LogP contribution in [0.1, 0.15) is 75.2 Å². The van der Waals surface area contributed by atoms with Crippen LogP contribution >= 0.6 is 0 Å². The minimum absolute atomic E-state index is 0.202. The Morgan fingerprint density at radius 2 is 1.73 bits per heavy atom. The first-order chi connectivity index (χ1) is 21.6. The standard InChI is InChI=1S/C35H40N6O4/c1-6-7-13-31-30(20-25-14-16-26(17-15-25)29-12-9-8-11-27(29)21-36)32(42)41(24(2)39-31)33-37-22-28(23-38-33)44-18-10-19-45-34(43)40-35(3,4)5/h8-9,11-12,14-17,22-23H,6-7,10,13,18-20H2,1-5H3,(H,40,43). The minimum Gasteiger partial charge on any atom is -0.490 e. The molecule has 1 amide bonds. The number of rotatable bonds is 12. The summed E-state index contributed by atoms with van der Waals surface area (Å²) >= 11 is 0. The van der Waals surface area contributed by atoms with Crippen LogP contribution in [0.3, 0.4) is 0 Å². The average Bonchev–Trinajstić information content (AvgIpc) is 3.01. The van der Waals surface area contributed by atoms with Crippen molar-refractivity contribution in [1.82, 2.24) is 24.8 Å². The normalized spacial score (nSPS) is 11.1. The Kier molecular flexibility index (Phi) is 11.0. The van der Waals surface area contributed by atoms with Gasteiger partial charge in [0.1, 0.15) is 5.82 Å². The third-order valence-electron chi connectivity index (χ3n) is 6.97. The molecule has 0 saturated heterocycles. The number of carbonyl (C=O) groups excluding carboxylic acids is 1. The van der Waals surface area contributed by atoms with E-state index in [0.29, 0.717) is 48.6 Å². The first-order valence-corrected chi connectivity index (χ1v) is 15.2. The maximum absolute atomic E-state index is 14.0. The van der Waals surface area contributed by atoms with Crippen LogP contribution in [0.4, 0.5) is 4.79 Å². The second-order valence-corrected chi connectivity index (χ2v) is 11.8. The van der Waals surface area contributed by atoms with E-state index in [0.717, 1.165) is 35.2 Å². The van der Waals surface area contributed by atoms with Gasteiger partial charge in [-0.1, -0.05) is 55.8 Å². The van der Waals surface area contributed by atoms with Crippen LogP contribution < -0.4 is 15.6 Å². The SMILES string of the molecule is CCCCc1nc(C)n(-c2ncc(OCCCOC(=O)NC(C)(C)C)cn2)c(=O)c1Cc1ccc(-c2ccccc2C#N)cc1. The minimum atomic E-state index is -0.469. The van der Waals surface area contributed by atoms with E-state index in [1.807, 2.05) is 63.2 Å². The predicted octanol–water partition coefficient (Wildman–Crippen LogP) is 6.10. The van der Waals surface area contributed by atoms with Crippen LogP contribution in [0, 0.1) is 18.3 Å². The van der Waals surface area contributed by atoms with Crippen LogP contribution in [-0.4, -0.2) is 44.4 Å². The Morgan fingerprint density at radius 3 is 2.40 bits per heavy atom. The van der Waals surface area contributed by atoms with E-state index in [-0.39, 0.29) is 23.7 Å². The number of nitrogens with one attached hydrogen (secondary N) is 1. The summed E-state index contributed by atoms with van der Waals surface area (Å²) in [6.45, 7) is 10.1. The van der Waals surface area contributed by atoms with Gasteiger partial charge in [0.2, 0.25) is 5.95 Å². The lowest BCUT2D eigenvalue weighted by Gasteiger charge is -2.19. The van der Waals surface area contributed by atoms with Gasteiger partial charge in [-0.05, 0) is 63.3 Å². The molecule has 0 aliphatic rings. The van der Waals surface area contributed by atoms with Gasteiger partial charge in [0.25, 0.3) is 5.56 Å². The van der Waals surface area contributed by atoms with Crippen molar-refractivity contribution in [3.05, 3.63) is 99.5 Å². The Balaban J connectivity index is 1.49. The highest BCUT2D eigenvalue weighted by atomic mass is 16.5.